The topological polar surface area (TPSA) is 70.1 Å². The average molecular weight is 229 g/mol. The number of nitrogens with two attached hydrogens (primary N) is 1. The summed E-state index contributed by atoms with van der Waals surface area (Å²) in [5.74, 6) is 0.0384. The summed E-state index contributed by atoms with van der Waals surface area (Å²) in [4.78, 5) is 14.0. The van der Waals surface area contributed by atoms with Crippen LogP contribution in [-0.2, 0) is 6.42 Å². The fourth-order valence-corrected chi connectivity index (χ4v) is 2.10. The zero-order valence-electron chi connectivity index (χ0n) is 9.65. The Morgan fingerprint density at radius 3 is 3.06 bits per heavy atom. The number of rotatable bonds is 3. The van der Waals surface area contributed by atoms with Crippen molar-refractivity contribution in [2.24, 2.45) is 0 Å². The van der Waals surface area contributed by atoms with Crippen LogP contribution >= 0.6 is 0 Å². The second-order valence-corrected chi connectivity index (χ2v) is 4.22. The summed E-state index contributed by atoms with van der Waals surface area (Å²) in [6, 6.07) is 7.59. The molecule has 17 heavy (non-hydrogen) atoms. The maximum atomic E-state index is 12.2. The van der Waals surface area contributed by atoms with Gasteiger partial charge in [0.2, 0.25) is 0 Å². The van der Waals surface area contributed by atoms with Crippen molar-refractivity contribution in [3.05, 3.63) is 29.3 Å². The van der Waals surface area contributed by atoms with Gasteiger partial charge in [-0.1, -0.05) is 6.07 Å². The van der Waals surface area contributed by atoms with Crippen molar-refractivity contribution in [3.8, 4) is 6.07 Å². The monoisotopic (exact) mass is 229 g/mol. The van der Waals surface area contributed by atoms with Crippen LogP contribution in [0, 0.1) is 11.3 Å². The minimum absolute atomic E-state index is 0.0384. The number of unbranched alkanes of at least 4 members (excludes halogenated alkanes) is 1. The molecule has 1 aliphatic rings. The molecule has 0 aromatic heterocycles. The number of amides is 1. The number of hydrogen-bond donors (Lipinski definition) is 1. The van der Waals surface area contributed by atoms with E-state index in [1.807, 2.05) is 12.1 Å². The maximum Gasteiger partial charge on any atom is 0.254 e. The molecule has 4 heteroatoms. The van der Waals surface area contributed by atoms with E-state index in [0.717, 1.165) is 24.9 Å². The minimum Gasteiger partial charge on any atom is -0.399 e. The van der Waals surface area contributed by atoms with Crippen LogP contribution in [0.4, 0.5) is 5.69 Å². The van der Waals surface area contributed by atoms with Crippen LogP contribution in [0.1, 0.15) is 28.8 Å². The number of nitrogen functional groups attached to an aromatic ring is 1. The van der Waals surface area contributed by atoms with E-state index in [4.69, 9.17) is 11.0 Å². The van der Waals surface area contributed by atoms with Gasteiger partial charge in [-0.3, -0.25) is 4.79 Å². The number of carbonyl (C=O) groups excluding carboxylic acids is 1. The molecule has 0 saturated heterocycles. The Kier molecular flexibility index (Phi) is 3.29. The van der Waals surface area contributed by atoms with Crippen LogP contribution in [0.15, 0.2) is 18.2 Å². The second kappa shape index (κ2) is 4.88. The van der Waals surface area contributed by atoms with Gasteiger partial charge in [-0.25, -0.2) is 0 Å². The molecule has 1 aliphatic heterocycles. The van der Waals surface area contributed by atoms with E-state index in [2.05, 4.69) is 6.07 Å². The lowest BCUT2D eigenvalue weighted by Gasteiger charge is -2.28. The average Bonchev–Trinajstić information content (AvgIpc) is 2.33. The third-order valence-electron chi connectivity index (χ3n) is 3.02. The molecule has 0 unspecified atom stereocenters. The molecule has 0 saturated carbocycles. The van der Waals surface area contributed by atoms with Crippen molar-refractivity contribution in [2.75, 3.05) is 18.8 Å². The summed E-state index contributed by atoms with van der Waals surface area (Å²) >= 11 is 0. The second-order valence-electron chi connectivity index (χ2n) is 4.22. The number of carbonyl (C=O) groups is 1. The third-order valence-corrected chi connectivity index (χ3v) is 3.02. The quantitative estimate of drug-likeness (QED) is 0.631. The molecular weight excluding hydrogens is 214 g/mol. The van der Waals surface area contributed by atoms with Gasteiger partial charge in [0.25, 0.3) is 5.91 Å². The predicted molar refractivity (Wildman–Crippen MR) is 65.3 cm³/mol. The molecule has 88 valence electrons. The number of benzene rings is 1. The van der Waals surface area contributed by atoms with Crippen LogP contribution in [0.2, 0.25) is 0 Å². The summed E-state index contributed by atoms with van der Waals surface area (Å²) < 4.78 is 0. The highest BCUT2D eigenvalue weighted by atomic mass is 16.2. The van der Waals surface area contributed by atoms with Gasteiger partial charge in [0, 0.05) is 30.8 Å². The molecular formula is C13H15N3O. The lowest BCUT2D eigenvalue weighted by atomic mass is 9.98. The number of fused-ring (bicyclic) bond motifs is 1. The van der Waals surface area contributed by atoms with E-state index in [1.54, 1.807) is 11.0 Å². The van der Waals surface area contributed by atoms with E-state index in [9.17, 15) is 4.79 Å². The van der Waals surface area contributed by atoms with Gasteiger partial charge in [0.15, 0.2) is 0 Å². The van der Waals surface area contributed by atoms with E-state index >= 15 is 0 Å². The van der Waals surface area contributed by atoms with Crippen molar-refractivity contribution < 1.29 is 4.79 Å². The largest absolute Gasteiger partial charge is 0.399 e. The lowest BCUT2D eigenvalue weighted by molar-refractivity contribution is 0.0738. The molecule has 0 spiro atoms. The number of hydrogen-bond acceptors (Lipinski definition) is 3. The van der Waals surface area contributed by atoms with Gasteiger partial charge in [-0.2, -0.15) is 5.26 Å². The molecule has 0 radical (unpaired) electrons. The van der Waals surface area contributed by atoms with Crippen molar-refractivity contribution in [1.82, 2.24) is 4.90 Å². The fourth-order valence-electron chi connectivity index (χ4n) is 2.10. The van der Waals surface area contributed by atoms with E-state index in [0.29, 0.717) is 24.2 Å². The Hall–Kier alpha value is -2.02. The zero-order chi connectivity index (χ0) is 12.3. The molecule has 0 atom stereocenters. The first-order valence-corrected chi connectivity index (χ1v) is 5.77. The SMILES string of the molecule is N#CCCCN1CCc2ccc(N)cc2C1=O. The fraction of sp³-hybridized carbons (Fsp3) is 0.385. The highest BCUT2D eigenvalue weighted by molar-refractivity contribution is 5.97. The minimum atomic E-state index is 0.0384. The van der Waals surface area contributed by atoms with E-state index in [-0.39, 0.29) is 5.91 Å². The van der Waals surface area contributed by atoms with Crippen molar-refractivity contribution in [1.29, 1.82) is 5.26 Å². The van der Waals surface area contributed by atoms with Gasteiger partial charge in [0.05, 0.1) is 6.07 Å². The normalized spacial score (nSPS) is 14.3. The summed E-state index contributed by atoms with van der Waals surface area (Å²) in [7, 11) is 0. The smallest absolute Gasteiger partial charge is 0.254 e. The third kappa shape index (κ3) is 2.39. The number of nitrogens with zero attached hydrogens (tertiary/aromatic N) is 2. The van der Waals surface area contributed by atoms with Crippen LogP contribution < -0.4 is 5.73 Å². The molecule has 0 aliphatic carbocycles. The molecule has 0 fully saturated rings. The van der Waals surface area contributed by atoms with Crippen molar-refractivity contribution in [3.63, 3.8) is 0 Å². The molecule has 0 bridgehead atoms. The lowest BCUT2D eigenvalue weighted by Crippen LogP contribution is -2.38. The zero-order valence-corrected chi connectivity index (χ0v) is 9.65. The summed E-state index contributed by atoms with van der Waals surface area (Å²) in [5, 5.41) is 8.49. The maximum absolute atomic E-state index is 12.2. The standard InChI is InChI=1S/C13H15N3O/c14-6-1-2-7-16-8-5-10-3-4-11(15)9-12(10)13(16)17/h3-4,9H,1-2,5,7-8,15H2. The van der Waals surface area contributed by atoms with Crippen molar-refractivity contribution in [2.45, 2.75) is 19.3 Å². The molecule has 1 heterocycles. The summed E-state index contributed by atoms with van der Waals surface area (Å²) in [5.41, 5.74) is 8.10. The number of nitriles is 1. The first kappa shape index (κ1) is 11.5. The Balaban J connectivity index is 2.12. The van der Waals surface area contributed by atoms with Gasteiger partial charge in [-0.05, 0) is 30.5 Å². The first-order chi connectivity index (χ1) is 8.22. The molecule has 1 aromatic rings. The molecule has 1 aromatic carbocycles. The van der Waals surface area contributed by atoms with Crippen molar-refractivity contribution >= 4 is 11.6 Å². The summed E-state index contributed by atoms with van der Waals surface area (Å²) in [6.07, 6.45) is 2.10. The van der Waals surface area contributed by atoms with E-state index in [1.165, 1.54) is 0 Å². The molecule has 4 nitrogen and oxygen atoms in total. The van der Waals surface area contributed by atoms with Crippen LogP contribution in [-0.4, -0.2) is 23.9 Å². The highest BCUT2D eigenvalue weighted by Gasteiger charge is 2.23. The van der Waals surface area contributed by atoms with Gasteiger partial charge < -0.3 is 10.6 Å². The molecule has 1 amide bonds. The van der Waals surface area contributed by atoms with E-state index < -0.39 is 0 Å². The van der Waals surface area contributed by atoms with Gasteiger partial charge in [-0.15, -0.1) is 0 Å². The Bertz CT molecular complexity index is 476. The summed E-state index contributed by atoms with van der Waals surface area (Å²) in [6.45, 7) is 1.39. The Morgan fingerprint density at radius 2 is 2.29 bits per heavy atom. The van der Waals surface area contributed by atoms with Crippen LogP contribution in [0.3, 0.4) is 0 Å². The van der Waals surface area contributed by atoms with Gasteiger partial charge >= 0.3 is 0 Å². The number of anilines is 1. The molecule has 2 rings (SSSR count). The molecule has 2 N–H and O–H groups in total. The Morgan fingerprint density at radius 1 is 1.47 bits per heavy atom. The Labute approximate surface area is 101 Å². The van der Waals surface area contributed by atoms with Crippen LogP contribution in [0.5, 0.6) is 0 Å². The highest BCUT2D eigenvalue weighted by Crippen LogP contribution is 2.21. The predicted octanol–water partition coefficient (Wildman–Crippen LogP) is 1.57. The van der Waals surface area contributed by atoms with Gasteiger partial charge in [0.1, 0.15) is 0 Å². The first-order valence-electron chi connectivity index (χ1n) is 5.77. The van der Waals surface area contributed by atoms with Crippen LogP contribution in [0.25, 0.3) is 0 Å².